The predicted molar refractivity (Wildman–Crippen MR) is 82.5 cm³/mol. The van der Waals surface area contributed by atoms with Crippen LogP contribution in [0.1, 0.15) is 22.8 Å². The van der Waals surface area contributed by atoms with Crippen LogP contribution in [-0.4, -0.2) is 11.1 Å². The van der Waals surface area contributed by atoms with Gasteiger partial charge >= 0.3 is 5.97 Å². The smallest absolute Gasteiger partial charge is 0.335 e. The highest BCUT2D eigenvalue weighted by Crippen LogP contribution is 2.19. The Kier molecular flexibility index (Phi) is 4.72. The molecule has 1 unspecified atom stereocenters. The fourth-order valence-corrected chi connectivity index (χ4v) is 2.06. The monoisotopic (exact) mass is 266 g/mol. The average Bonchev–Trinajstić information content (AvgIpc) is 2.74. The van der Waals surface area contributed by atoms with Gasteiger partial charge in [0.15, 0.2) is 0 Å². The zero-order valence-corrected chi connectivity index (χ0v) is 11.4. The standard InChI is InChI=1S/C18H18O2/c1-14(16-6-4-2-3-5-7-16)8-9-15-10-12-17(13-11-15)18(19)20/h2-14,16H,1H3,(H,19,20)/b9-8-. The van der Waals surface area contributed by atoms with E-state index >= 15 is 0 Å². The van der Waals surface area contributed by atoms with Crippen LogP contribution in [-0.2, 0) is 0 Å². The summed E-state index contributed by atoms with van der Waals surface area (Å²) in [5.41, 5.74) is 1.33. The first kappa shape index (κ1) is 14.1. The van der Waals surface area contributed by atoms with Gasteiger partial charge in [-0.25, -0.2) is 4.79 Å². The first-order valence-electron chi connectivity index (χ1n) is 6.70. The number of hydrogen-bond donors (Lipinski definition) is 1. The molecular weight excluding hydrogens is 248 g/mol. The van der Waals surface area contributed by atoms with Crippen LogP contribution in [0.2, 0.25) is 0 Å². The molecule has 1 aliphatic carbocycles. The summed E-state index contributed by atoms with van der Waals surface area (Å²) in [6.07, 6.45) is 16.7. The fraction of sp³-hybridized carbons (Fsp3) is 0.167. The fourth-order valence-electron chi connectivity index (χ4n) is 2.06. The van der Waals surface area contributed by atoms with Crippen LogP contribution in [0.25, 0.3) is 6.08 Å². The Morgan fingerprint density at radius 3 is 2.25 bits per heavy atom. The molecular formula is C18H18O2. The normalized spacial score (nSPS) is 16.4. The van der Waals surface area contributed by atoms with Crippen LogP contribution in [0, 0.1) is 11.8 Å². The number of carbonyl (C=O) groups is 1. The molecule has 102 valence electrons. The van der Waals surface area contributed by atoms with Gasteiger partial charge in [-0.2, -0.15) is 0 Å². The molecule has 0 amide bonds. The van der Waals surface area contributed by atoms with Crippen molar-refractivity contribution in [3.05, 3.63) is 77.9 Å². The van der Waals surface area contributed by atoms with Crippen LogP contribution in [0.5, 0.6) is 0 Å². The van der Waals surface area contributed by atoms with Crippen LogP contribution >= 0.6 is 0 Å². The number of rotatable bonds is 4. The van der Waals surface area contributed by atoms with Gasteiger partial charge in [-0.3, -0.25) is 0 Å². The Morgan fingerprint density at radius 2 is 1.70 bits per heavy atom. The van der Waals surface area contributed by atoms with Gasteiger partial charge in [0.2, 0.25) is 0 Å². The van der Waals surface area contributed by atoms with Crippen molar-refractivity contribution in [3.63, 3.8) is 0 Å². The lowest BCUT2D eigenvalue weighted by molar-refractivity contribution is 0.0697. The van der Waals surface area contributed by atoms with E-state index in [1.54, 1.807) is 12.1 Å². The quantitative estimate of drug-likeness (QED) is 0.880. The molecule has 0 bridgehead atoms. The van der Waals surface area contributed by atoms with Gasteiger partial charge < -0.3 is 5.11 Å². The largest absolute Gasteiger partial charge is 0.478 e. The Morgan fingerprint density at radius 1 is 1.10 bits per heavy atom. The van der Waals surface area contributed by atoms with E-state index in [-0.39, 0.29) is 0 Å². The van der Waals surface area contributed by atoms with Gasteiger partial charge in [0, 0.05) is 5.92 Å². The van der Waals surface area contributed by atoms with Gasteiger partial charge in [0.1, 0.15) is 0 Å². The first-order valence-corrected chi connectivity index (χ1v) is 6.70. The molecule has 2 heteroatoms. The van der Waals surface area contributed by atoms with Crippen LogP contribution in [0.3, 0.4) is 0 Å². The second-order valence-electron chi connectivity index (χ2n) is 4.88. The maximum absolute atomic E-state index is 10.8. The van der Waals surface area contributed by atoms with E-state index in [9.17, 15) is 4.79 Å². The lowest BCUT2D eigenvalue weighted by Gasteiger charge is -2.12. The van der Waals surface area contributed by atoms with Gasteiger partial charge in [-0.05, 0) is 23.6 Å². The van der Waals surface area contributed by atoms with Gasteiger partial charge in [-0.15, -0.1) is 0 Å². The van der Waals surface area contributed by atoms with Crippen molar-refractivity contribution in [2.75, 3.05) is 0 Å². The number of hydrogen-bond acceptors (Lipinski definition) is 1. The molecule has 1 atom stereocenters. The van der Waals surface area contributed by atoms with Gasteiger partial charge in [0.05, 0.1) is 5.56 Å². The zero-order chi connectivity index (χ0) is 14.4. The SMILES string of the molecule is CC(/C=C\c1ccc(C(=O)O)cc1)C1C=CC=CC=C1. The molecule has 1 aromatic rings. The number of allylic oxidation sites excluding steroid dienone is 7. The minimum Gasteiger partial charge on any atom is -0.478 e. The number of aromatic carboxylic acids is 1. The third-order valence-corrected chi connectivity index (χ3v) is 3.36. The van der Waals surface area contributed by atoms with Crippen molar-refractivity contribution in [2.24, 2.45) is 11.8 Å². The van der Waals surface area contributed by atoms with E-state index in [1.807, 2.05) is 30.4 Å². The van der Waals surface area contributed by atoms with E-state index in [4.69, 9.17) is 5.11 Å². The van der Waals surface area contributed by atoms with Crippen molar-refractivity contribution >= 4 is 12.0 Å². The van der Waals surface area contributed by atoms with Gasteiger partial charge in [0.25, 0.3) is 0 Å². The highest BCUT2D eigenvalue weighted by Gasteiger charge is 2.08. The second-order valence-corrected chi connectivity index (χ2v) is 4.88. The molecule has 2 rings (SSSR count). The van der Waals surface area contributed by atoms with E-state index in [0.29, 0.717) is 17.4 Å². The second kappa shape index (κ2) is 6.71. The third kappa shape index (κ3) is 3.82. The zero-order valence-electron chi connectivity index (χ0n) is 11.4. The Bertz CT molecular complexity index is 558. The molecule has 0 aromatic heterocycles. The molecule has 1 N–H and O–H groups in total. The number of carboxylic acid groups (broad SMARTS) is 1. The summed E-state index contributed by atoms with van der Waals surface area (Å²) in [7, 11) is 0. The minimum absolute atomic E-state index is 0.316. The summed E-state index contributed by atoms with van der Waals surface area (Å²) in [6, 6.07) is 6.91. The molecule has 0 saturated heterocycles. The Balaban J connectivity index is 2.03. The van der Waals surface area contributed by atoms with Crippen molar-refractivity contribution in [2.45, 2.75) is 6.92 Å². The first-order chi connectivity index (χ1) is 9.66. The van der Waals surface area contributed by atoms with Gasteiger partial charge in [-0.1, -0.05) is 67.7 Å². The van der Waals surface area contributed by atoms with E-state index in [1.165, 1.54) is 0 Å². The molecule has 0 heterocycles. The average molecular weight is 266 g/mol. The van der Waals surface area contributed by atoms with Crippen LogP contribution in [0.15, 0.2) is 66.8 Å². The number of carboxylic acids is 1. The summed E-state index contributed by atoms with van der Waals surface area (Å²) in [5, 5.41) is 8.85. The maximum Gasteiger partial charge on any atom is 0.335 e. The van der Waals surface area contributed by atoms with Crippen molar-refractivity contribution in [3.8, 4) is 0 Å². The molecule has 0 fully saturated rings. The topological polar surface area (TPSA) is 37.3 Å². The Labute approximate surface area is 119 Å². The van der Waals surface area contributed by atoms with Crippen molar-refractivity contribution in [1.82, 2.24) is 0 Å². The van der Waals surface area contributed by atoms with Crippen LogP contribution < -0.4 is 0 Å². The molecule has 0 spiro atoms. The molecule has 0 radical (unpaired) electrons. The molecule has 20 heavy (non-hydrogen) atoms. The molecule has 1 aromatic carbocycles. The Hall–Kier alpha value is -2.35. The van der Waals surface area contributed by atoms with Crippen molar-refractivity contribution in [1.29, 1.82) is 0 Å². The molecule has 0 aliphatic heterocycles. The highest BCUT2D eigenvalue weighted by atomic mass is 16.4. The lowest BCUT2D eigenvalue weighted by atomic mass is 9.92. The molecule has 2 nitrogen and oxygen atoms in total. The van der Waals surface area contributed by atoms with Crippen LogP contribution in [0.4, 0.5) is 0 Å². The molecule has 0 saturated carbocycles. The van der Waals surface area contributed by atoms with E-state index in [0.717, 1.165) is 5.56 Å². The lowest BCUT2D eigenvalue weighted by Crippen LogP contribution is -2.02. The van der Waals surface area contributed by atoms with E-state index in [2.05, 4.69) is 37.3 Å². The summed E-state index contributed by atoms with van der Waals surface area (Å²) < 4.78 is 0. The summed E-state index contributed by atoms with van der Waals surface area (Å²) in [6.45, 7) is 2.17. The summed E-state index contributed by atoms with van der Waals surface area (Å²) >= 11 is 0. The highest BCUT2D eigenvalue weighted by molar-refractivity contribution is 5.87. The summed E-state index contributed by atoms with van der Waals surface area (Å²) in [4.78, 5) is 10.8. The van der Waals surface area contributed by atoms with E-state index < -0.39 is 5.97 Å². The molecule has 1 aliphatic rings. The number of benzene rings is 1. The van der Waals surface area contributed by atoms with Crippen molar-refractivity contribution < 1.29 is 9.90 Å². The minimum atomic E-state index is -0.893. The summed E-state index contributed by atoms with van der Waals surface area (Å²) in [5.74, 6) is -0.115. The predicted octanol–water partition coefficient (Wildman–Crippen LogP) is 4.33. The third-order valence-electron chi connectivity index (χ3n) is 3.36. The maximum atomic E-state index is 10.8.